The van der Waals surface area contributed by atoms with Crippen LogP contribution >= 0.6 is 0 Å². The van der Waals surface area contributed by atoms with E-state index in [1.54, 1.807) is 29.1 Å². The number of carbonyl (C=O) groups excluding carboxylic acids is 1. The first kappa shape index (κ1) is 14.7. The molecule has 2 aromatic rings. The van der Waals surface area contributed by atoms with Gasteiger partial charge in [0.2, 0.25) is 11.9 Å². The molecule has 0 unspecified atom stereocenters. The summed E-state index contributed by atoms with van der Waals surface area (Å²) in [5.41, 5.74) is 0.614. The molecule has 1 aliphatic heterocycles. The number of rotatable bonds is 2. The molecular weight excluding hydrogens is 297 g/mol. The average molecular weight is 310 g/mol. The average Bonchev–Trinajstić information content (AvgIpc) is 2.56. The van der Waals surface area contributed by atoms with Gasteiger partial charge in [-0.15, -0.1) is 0 Å². The largest absolute Gasteiger partial charge is 0.494 e. The van der Waals surface area contributed by atoms with Crippen LogP contribution in [0.15, 0.2) is 66.3 Å². The molecule has 0 spiro atoms. The molecule has 0 fully saturated rings. The smallest absolute Gasteiger partial charge is 0.296 e. The van der Waals surface area contributed by atoms with Gasteiger partial charge in [0.25, 0.3) is 5.91 Å². The Morgan fingerprint density at radius 1 is 1.17 bits per heavy atom. The number of hydrogen-bond acceptors (Lipinski definition) is 3. The van der Waals surface area contributed by atoms with Crippen molar-refractivity contribution in [1.82, 2.24) is 5.32 Å². The summed E-state index contributed by atoms with van der Waals surface area (Å²) in [6.07, 6.45) is 3.41. The molecule has 1 aromatic heterocycles. The number of pyridine rings is 1. The van der Waals surface area contributed by atoms with Crippen LogP contribution in [0, 0.1) is 17.1 Å². The van der Waals surface area contributed by atoms with E-state index in [9.17, 15) is 19.6 Å². The van der Waals surface area contributed by atoms with E-state index in [4.69, 9.17) is 0 Å². The fraction of sp³-hybridized carbons (Fsp3) is 0.118. The maximum Gasteiger partial charge on any atom is 0.296 e. The zero-order chi connectivity index (χ0) is 16.4. The zero-order valence-corrected chi connectivity index (χ0v) is 12.0. The molecule has 0 saturated carbocycles. The highest BCUT2D eigenvalue weighted by atomic mass is 19.1. The molecule has 1 aromatic carbocycles. The highest BCUT2D eigenvalue weighted by Crippen LogP contribution is 2.36. The molecule has 6 heteroatoms. The molecule has 1 amide bonds. The van der Waals surface area contributed by atoms with Gasteiger partial charge >= 0.3 is 0 Å². The third-order valence-electron chi connectivity index (χ3n) is 3.80. The topological polar surface area (TPSA) is 77.0 Å². The Balaban J connectivity index is 2.18. The fourth-order valence-corrected chi connectivity index (χ4v) is 2.76. The number of hydrogen-bond donors (Lipinski definition) is 2. The lowest BCUT2D eigenvalue weighted by Gasteiger charge is -2.27. The molecule has 5 nitrogen and oxygen atoms in total. The third-order valence-corrected chi connectivity index (χ3v) is 3.80. The Hall–Kier alpha value is -3.20. The van der Waals surface area contributed by atoms with Gasteiger partial charge in [-0.1, -0.05) is 18.2 Å². The highest BCUT2D eigenvalue weighted by Gasteiger charge is 2.45. The summed E-state index contributed by atoms with van der Waals surface area (Å²) >= 11 is 0. The molecule has 114 valence electrons. The van der Waals surface area contributed by atoms with Gasteiger partial charge in [-0.25, -0.2) is 4.39 Å². The van der Waals surface area contributed by atoms with Gasteiger partial charge in [-0.3, -0.25) is 10.1 Å². The minimum Gasteiger partial charge on any atom is -0.494 e. The lowest BCUT2D eigenvalue weighted by Crippen LogP contribution is -2.53. The number of nitrogens with one attached hydrogen (secondary N) is 1. The molecule has 2 heterocycles. The number of nitriles is 1. The van der Waals surface area contributed by atoms with Gasteiger partial charge in [0.05, 0.1) is 5.92 Å². The Labute approximate surface area is 131 Å². The van der Waals surface area contributed by atoms with E-state index < -0.39 is 29.6 Å². The van der Waals surface area contributed by atoms with E-state index in [1.807, 2.05) is 12.1 Å². The maximum absolute atomic E-state index is 13.2. The summed E-state index contributed by atoms with van der Waals surface area (Å²) in [5, 5.41) is 21.6. The Morgan fingerprint density at radius 2 is 1.83 bits per heavy atom. The number of aliphatic hydroxyl groups excluding tert-OH is 1. The first-order chi connectivity index (χ1) is 11.1. The van der Waals surface area contributed by atoms with Crippen molar-refractivity contribution in [2.75, 3.05) is 0 Å². The Bertz CT molecular complexity index is 810. The first-order valence-electron chi connectivity index (χ1n) is 6.97. The Kier molecular flexibility index (Phi) is 3.77. The van der Waals surface area contributed by atoms with Crippen LogP contribution < -0.4 is 9.88 Å². The van der Waals surface area contributed by atoms with Crippen molar-refractivity contribution in [3.05, 3.63) is 77.7 Å². The van der Waals surface area contributed by atoms with Crippen LogP contribution in [0.2, 0.25) is 0 Å². The Morgan fingerprint density at radius 3 is 2.43 bits per heavy atom. The predicted octanol–water partition coefficient (Wildman–Crippen LogP) is 1.86. The second-order valence-corrected chi connectivity index (χ2v) is 5.16. The lowest BCUT2D eigenvalue weighted by atomic mass is 9.82. The van der Waals surface area contributed by atoms with Crippen LogP contribution in [0.1, 0.15) is 17.5 Å². The van der Waals surface area contributed by atoms with Crippen LogP contribution in [-0.4, -0.2) is 11.0 Å². The van der Waals surface area contributed by atoms with Crippen LogP contribution in [0.25, 0.3) is 0 Å². The molecule has 0 bridgehead atoms. The number of nitrogens with zero attached hydrogens (tertiary/aromatic N) is 2. The van der Waals surface area contributed by atoms with E-state index in [-0.39, 0.29) is 5.57 Å². The minimum atomic E-state index is -0.757. The van der Waals surface area contributed by atoms with Crippen molar-refractivity contribution in [3.63, 3.8) is 0 Å². The van der Waals surface area contributed by atoms with E-state index in [2.05, 4.69) is 5.32 Å². The molecule has 0 aliphatic carbocycles. The number of carbonyl (C=O) groups is 1. The predicted molar refractivity (Wildman–Crippen MR) is 78.2 cm³/mol. The number of amides is 1. The molecule has 3 rings (SSSR count). The summed E-state index contributed by atoms with van der Waals surface area (Å²) in [7, 11) is 0. The number of allylic oxidation sites excluding steroid dienone is 1. The van der Waals surface area contributed by atoms with Gasteiger partial charge in [0.1, 0.15) is 17.5 Å². The maximum atomic E-state index is 13.2. The molecule has 2 N–H and O–H groups in total. The van der Waals surface area contributed by atoms with Gasteiger partial charge in [-0.05, 0) is 17.7 Å². The summed E-state index contributed by atoms with van der Waals surface area (Å²) in [6.45, 7) is 0. The first-order valence-corrected chi connectivity index (χ1v) is 6.97. The summed E-state index contributed by atoms with van der Waals surface area (Å²) in [6, 6.07) is 12.1. The molecule has 23 heavy (non-hydrogen) atoms. The van der Waals surface area contributed by atoms with Gasteiger partial charge in [0, 0.05) is 12.1 Å². The van der Waals surface area contributed by atoms with Crippen molar-refractivity contribution in [1.29, 1.82) is 5.26 Å². The molecular formula is C17H13FN3O2+. The number of aromatic nitrogens is 1. The number of aliphatic hydroxyl groups is 1. The highest BCUT2D eigenvalue weighted by molar-refractivity contribution is 5.84. The van der Waals surface area contributed by atoms with E-state index in [0.29, 0.717) is 5.56 Å². The van der Waals surface area contributed by atoms with Gasteiger partial charge in [0.15, 0.2) is 12.4 Å². The minimum absolute atomic E-state index is 0.0394. The quantitative estimate of drug-likeness (QED) is 0.831. The lowest BCUT2D eigenvalue weighted by molar-refractivity contribution is -0.711. The summed E-state index contributed by atoms with van der Waals surface area (Å²) < 4.78 is 14.9. The summed E-state index contributed by atoms with van der Waals surface area (Å²) in [5.74, 6) is -2.02. The van der Waals surface area contributed by atoms with Crippen molar-refractivity contribution in [2.24, 2.45) is 0 Å². The zero-order valence-electron chi connectivity index (χ0n) is 12.0. The van der Waals surface area contributed by atoms with Crippen molar-refractivity contribution in [3.8, 4) is 6.07 Å². The van der Waals surface area contributed by atoms with E-state index >= 15 is 0 Å². The van der Waals surface area contributed by atoms with Crippen molar-refractivity contribution in [2.45, 2.75) is 12.0 Å². The van der Waals surface area contributed by atoms with Crippen LogP contribution in [0.5, 0.6) is 0 Å². The normalized spacial score (nSPS) is 20.8. The standard InChI is InChI=1S/C17H12FN3O2/c18-12-6-4-11(5-7-12)14-13(10-19)16(22)20-17(23)15(14)21-8-2-1-3-9-21/h1-9,14-15H,(H-,20,22,23)/p+1/t14-,15-/m1/s1. The number of halogens is 1. The van der Waals surface area contributed by atoms with Gasteiger partial charge < -0.3 is 5.11 Å². The SMILES string of the molecule is N#CC1=C(O)NC(=O)[C@H]([n+]2ccccc2)[C@@H]1c1ccc(F)cc1. The monoisotopic (exact) mass is 310 g/mol. The molecule has 0 radical (unpaired) electrons. The van der Waals surface area contributed by atoms with Crippen LogP contribution in [0.3, 0.4) is 0 Å². The van der Waals surface area contributed by atoms with Crippen molar-refractivity contribution >= 4 is 5.91 Å². The van der Waals surface area contributed by atoms with Crippen LogP contribution in [0.4, 0.5) is 4.39 Å². The second kappa shape index (κ2) is 5.89. The van der Waals surface area contributed by atoms with E-state index in [1.165, 1.54) is 24.3 Å². The number of benzene rings is 1. The summed E-state index contributed by atoms with van der Waals surface area (Å²) in [4.78, 5) is 12.4. The van der Waals surface area contributed by atoms with Crippen molar-refractivity contribution < 1.29 is 18.9 Å². The van der Waals surface area contributed by atoms with Gasteiger partial charge in [-0.2, -0.15) is 9.83 Å². The fourth-order valence-electron chi connectivity index (χ4n) is 2.76. The molecule has 1 aliphatic rings. The third kappa shape index (κ3) is 2.64. The molecule has 2 atom stereocenters. The molecule has 0 saturated heterocycles. The van der Waals surface area contributed by atoms with E-state index in [0.717, 1.165) is 0 Å². The second-order valence-electron chi connectivity index (χ2n) is 5.16. The van der Waals surface area contributed by atoms with Crippen LogP contribution in [-0.2, 0) is 4.79 Å².